The first-order valence-corrected chi connectivity index (χ1v) is 11.4. The van der Waals surface area contributed by atoms with Gasteiger partial charge < -0.3 is 18.6 Å². The average molecular weight is 491 g/mol. The van der Waals surface area contributed by atoms with Gasteiger partial charge in [0.2, 0.25) is 11.6 Å². The molecule has 2 aromatic carbocycles. The predicted octanol–water partition coefficient (Wildman–Crippen LogP) is 4.33. The number of rotatable bonds is 8. The molecule has 1 aliphatic rings. The summed E-state index contributed by atoms with van der Waals surface area (Å²) in [5.74, 6) is 1.97. The fourth-order valence-corrected chi connectivity index (χ4v) is 4.15. The van der Waals surface area contributed by atoms with E-state index in [1.165, 1.54) is 5.56 Å². The standard InChI is InChI=1S/C23H27ClN4O4S/c1-29-19-12-17(13-20(30-2)21(19)31-3)22-25-28(23(33)32-22)15-27-10-8-26(9-11-27)14-16-4-6-18(24)7-5-16/h4-7,12-13H,8-11,14-15H2,1-3H3. The quantitative estimate of drug-likeness (QED) is 0.432. The van der Waals surface area contributed by atoms with Gasteiger partial charge in [0, 0.05) is 43.3 Å². The minimum Gasteiger partial charge on any atom is -0.493 e. The van der Waals surface area contributed by atoms with Crippen LogP contribution in [0.3, 0.4) is 0 Å². The van der Waals surface area contributed by atoms with E-state index < -0.39 is 0 Å². The Labute approximate surface area is 203 Å². The molecule has 10 heteroatoms. The summed E-state index contributed by atoms with van der Waals surface area (Å²) in [6.07, 6.45) is 0. The molecule has 1 saturated heterocycles. The van der Waals surface area contributed by atoms with Gasteiger partial charge in [0.25, 0.3) is 4.84 Å². The summed E-state index contributed by atoms with van der Waals surface area (Å²) in [6, 6.07) is 11.6. The Hall–Kier alpha value is -2.59. The van der Waals surface area contributed by atoms with Crippen LogP contribution < -0.4 is 14.2 Å². The van der Waals surface area contributed by atoms with Crippen LogP contribution in [-0.2, 0) is 13.2 Å². The molecule has 0 atom stereocenters. The topological polar surface area (TPSA) is 65.1 Å². The third kappa shape index (κ3) is 5.50. The smallest absolute Gasteiger partial charge is 0.288 e. The Morgan fingerprint density at radius 1 is 0.939 bits per heavy atom. The van der Waals surface area contributed by atoms with Crippen LogP contribution in [0.25, 0.3) is 11.5 Å². The molecule has 1 fully saturated rings. The van der Waals surface area contributed by atoms with E-state index in [-0.39, 0.29) is 0 Å². The van der Waals surface area contributed by atoms with Gasteiger partial charge in [-0.25, -0.2) is 4.68 Å². The maximum absolute atomic E-state index is 5.99. The summed E-state index contributed by atoms with van der Waals surface area (Å²) in [5.41, 5.74) is 1.96. The number of halogens is 1. The number of aromatic nitrogens is 2. The van der Waals surface area contributed by atoms with Crippen LogP contribution in [0.2, 0.25) is 5.02 Å². The van der Waals surface area contributed by atoms with Crippen LogP contribution in [0, 0.1) is 4.84 Å². The van der Waals surface area contributed by atoms with Crippen molar-refractivity contribution in [2.45, 2.75) is 13.2 Å². The summed E-state index contributed by atoms with van der Waals surface area (Å²) in [6.45, 7) is 5.26. The van der Waals surface area contributed by atoms with E-state index in [9.17, 15) is 0 Å². The largest absolute Gasteiger partial charge is 0.493 e. The SMILES string of the molecule is COc1cc(-c2nn(CN3CCN(Cc4ccc(Cl)cc4)CC3)c(=S)o2)cc(OC)c1OC. The zero-order valence-electron chi connectivity index (χ0n) is 18.9. The third-order valence-corrected chi connectivity index (χ3v) is 6.18. The zero-order valence-corrected chi connectivity index (χ0v) is 20.5. The fourth-order valence-electron chi connectivity index (χ4n) is 3.84. The van der Waals surface area contributed by atoms with Gasteiger partial charge in [-0.15, -0.1) is 5.10 Å². The first kappa shape index (κ1) is 23.6. The van der Waals surface area contributed by atoms with E-state index in [1.54, 1.807) is 38.1 Å². The number of hydrogen-bond acceptors (Lipinski definition) is 8. The van der Waals surface area contributed by atoms with E-state index in [2.05, 4.69) is 27.0 Å². The number of nitrogens with zero attached hydrogens (tertiary/aromatic N) is 4. The van der Waals surface area contributed by atoms with E-state index in [0.717, 1.165) is 37.7 Å². The minimum atomic E-state index is 0.322. The Kier molecular flexibility index (Phi) is 7.54. The number of benzene rings is 2. The van der Waals surface area contributed by atoms with Crippen molar-refractivity contribution >= 4 is 23.8 Å². The molecule has 0 spiro atoms. The monoisotopic (exact) mass is 490 g/mol. The fraction of sp³-hybridized carbons (Fsp3) is 0.391. The van der Waals surface area contributed by atoms with Crippen LogP contribution in [0.5, 0.6) is 17.2 Å². The zero-order chi connectivity index (χ0) is 23.4. The minimum absolute atomic E-state index is 0.322. The van der Waals surface area contributed by atoms with Crippen molar-refractivity contribution in [2.75, 3.05) is 47.5 Å². The molecule has 1 aliphatic heterocycles. The highest BCUT2D eigenvalue weighted by molar-refractivity contribution is 7.71. The molecule has 0 unspecified atom stereocenters. The lowest BCUT2D eigenvalue weighted by Gasteiger charge is -2.34. The van der Waals surface area contributed by atoms with E-state index in [4.69, 9.17) is 42.4 Å². The molecular weight excluding hydrogens is 464 g/mol. The van der Waals surface area contributed by atoms with Gasteiger partial charge in [0.15, 0.2) is 11.5 Å². The van der Waals surface area contributed by atoms with Crippen molar-refractivity contribution in [3.8, 4) is 28.7 Å². The third-order valence-electron chi connectivity index (χ3n) is 5.64. The molecule has 0 N–H and O–H groups in total. The molecule has 8 nitrogen and oxygen atoms in total. The van der Waals surface area contributed by atoms with Crippen molar-refractivity contribution in [1.82, 2.24) is 19.6 Å². The Morgan fingerprint density at radius 2 is 1.55 bits per heavy atom. The summed E-state index contributed by atoms with van der Waals surface area (Å²) in [5, 5.41) is 5.36. The number of methoxy groups -OCH3 is 3. The van der Waals surface area contributed by atoms with Gasteiger partial charge in [0.1, 0.15) is 0 Å². The molecule has 1 aromatic heterocycles. The summed E-state index contributed by atoms with van der Waals surface area (Å²) >= 11 is 11.4. The molecule has 176 valence electrons. The molecule has 3 aromatic rings. The molecule has 0 amide bonds. The summed E-state index contributed by atoms with van der Waals surface area (Å²) < 4.78 is 23.8. The molecule has 2 heterocycles. The maximum Gasteiger partial charge on any atom is 0.288 e. The van der Waals surface area contributed by atoms with Crippen molar-refractivity contribution < 1.29 is 18.6 Å². The highest BCUT2D eigenvalue weighted by Crippen LogP contribution is 2.40. The van der Waals surface area contributed by atoms with Gasteiger partial charge in [-0.05, 0) is 42.0 Å². The second-order valence-corrected chi connectivity index (χ2v) is 8.53. The molecule has 0 radical (unpaired) electrons. The van der Waals surface area contributed by atoms with Crippen LogP contribution in [0.1, 0.15) is 5.56 Å². The highest BCUT2D eigenvalue weighted by Gasteiger charge is 2.20. The normalized spacial score (nSPS) is 14.9. The Bertz CT molecular complexity index is 1120. The molecule has 33 heavy (non-hydrogen) atoms. The second-order valence-electron chi connectivity index (χ2n) is 7.75. The molecule has 0 aliphatic carbocycles. The Balaban J connectivity index is 1.41. The second kappa shape index (κ2) is 10.6. The average Bonchev–Trinajstić information content (AvgIpc) is 3.20. The lowest BCUT2D eigenvalue weighted by atomic mass is 10.2. The van der Waals surface area contributed by atoms with Crippen molar-refractivity contribution in [2.24, 2.45) is 0 Å². The summed E-state index contributed by atoms with van der Waals surface area (Å²) in [4.78, 5) is 5.07. The first-order chi connectivity index (χ1) is 16.0. The van der Waals surface area contributed by atoms with Crippen LogP contribution >= 0.6 is 23.8 Å². The van der Waals surface area contributed by atoms with Gasteiger partial charge in [-0.1, -0.05) is 23.7 Å². The van der Waals surface area contributed by atoms with Crippen molar-refractivity contribution in [1.29, 1.82) is 0 Å². The predicted molar refractivity (Wildman–Crippen MR) is 129 cm³/mol. The van der Waals surface area contributed by atoms with Gasteiger partial charge in [-0.2, -0.15) is 0 Å². The molecule has 0 saturated carbocycles. The highest BCUT2D eigenvalue weighted by atomic mass is 35.5. The number of ether oxygens (including phenoxy) is 3. The lowest BCUT2D eigenvalue weighted by molar-refractivity contribution is 0.0974. The van der Waals surface area contributed by atoms with Gasteiger partial charge >= 0.3 is 0 Å². The maximum atomic E-state index is 5.99. The van der Waals surface area contributed by atoms with Crippen molar-refractivity contribution in [3.05, 3.63) is 51.8 Å². The first-order valence-electron chi connectivity index (χ1n) is 10.6. The molecule has 4 rings (SSSR count). The van der Waals surface area contributed by atoms with E-state index in [0.29, 0.717) is 40.2 Å². The number of piperazine rings is 1. The van der Waals surface area contributed by atoms with E-state index >= 15 is 0 Å². The van der Waals surface area contributed by atoms with Crippen LogP contribution in [0.4, 0.5) is 0 Å². The summed E-state index contributed by atoms with van der Waals surface area (Å²) in [7, 11) is 4.71. The molecule has 0 bridgehead atoms. The number of hydrogen-bond donors (Lipinski definition) is 0. The van der Waals surface area contributed by atoms with Crippen molar-refractivity contribution in [3.63, 3.8) is 0 Å². The lowest BCUT2D eigenvalue weighted by Crippen LogP contribution is -2.46. The van der Waals surface area contributed by atoms with Crippen LogP contribution in [0.15, 0.2) is 40.8 Å². The van der Waals surface area contributed by atoms with Crippen LogP contribution in [-0.4, -0.2) is 67.1 Å². The molecular formula is C23H27ClN4O4S. The van der Waals surface area contributed by atoms with Gasteiger partial charge in [0.05, 0.1) is 28.0 Å². The van der Waals surface area contributed by atoms with E-state index in [1.807, 2.05) is 12.1 Å². The Morgan fingerprint density at radius 3 is 2.12 bits per heavy atom. The van der Waals surface area contributed by atoms with Gasteiger partial charge in [-0.3, -0.25) is 9.80 Å².